The highest BCUT2D eigenvalue weighted by Gasteiger charge is 2.69. The minimum absolute atomic E-state index is 0.0135. The molecule has 2 N–H and O–H groups in total. The molecule has 4 aliphatic rings. The topological polar surface area (TPSA) is 144 Å². The van der Waals surface area contributed by atoms with Crippen LogP contribution in [0.2, 0.25) is 0 Å². The van der Waals surface area contributed by atoms with E-state index in [9.17, 15) is 28.4 Å². The van der Waals surface area contributed by atoms with Gasteiger partial charge in [-0.05, 0) is 104 Å². The number of amides is 3. The summed E-state index contributed by atoms with van der Waals surface area (Å²) in [7, 11) is 0. The first kappa shape index (κ1) is 34.2. The molecule has 8 rings (SSSR count). The van der Waals surface area contributed by atoms with Crippen molar-refractivity contribution in [2.75, 3.05) is 30.0 Å². The number of thioether (sulfide) groups is 1. The molecule has 3 amide bonds. The fourth-order valence-electron chi connectivity index (χ4n) is 8.58. The second kappa shape index (κ2) is 13.6. The summed E-state index contributed by atoms with van der Waals surface area (Å²) in [5, 5.41) is 3.52. The molecule has 7 atom stereocenters. The van der Waals surface area contributed by atoms with Crippen LogP contribution in [0.1, 0.15) is 47.0 Å². The Morgan fingerprint density at radius 1 is 0.904 bits per heavy atom. The lowest BCUT2D eigenvalue weighted by atomic mass is 9.68. The summed E-state index contributed by atoms with van der Waals surface area (Å²) >= 11 is 2.75. The molecule has 2 aliphatic heterocycles. The third-order valence-electron chi connectivity index (χ3n) is 10.5. The van der Waals surface area contributed by atoms with Gasteiger partial charge in [0.15, 0.2) is 18.1 Å². The van der Waals surface area contributed by atoms with Gasteiger partial charge in [-0.15, -0.1) is 11.8 Å². The molecule has 3 fully saturated rings. The Labute approximate surface area is 305 Å². The van der Waals surface area contributed by atoms with Gasteiger partial charge in [-0.1, -0.05) is 17.4 Å². The van der Waals surface area contributed by atoms with E-state index in [0.717, 1.165) is 33.2 Å². The molecule has 1 saturated heterocycles. The monoisotopic (exact) mass is 743 g/mol. The van der Waals surface area contributed by atoms with Crippen LogP contribution in [-0.2, 0) is 19.1 Å². The summed E-state index contributed by atoms with van der Waals surface area (Å²) in [6.45, 7) is 3.86. The molecule has 3 heterocycles. The van der Waals surface area contributed by atoms with Gasteiger partial charge in [0.05, 0.1) is 41.3 Å². The van der Waals surface area contributed by atoms with Crippen molar-refractivity contribution in [3.05, 3.63) is 98.2 Å². The SMILES string of the molecule is CCOC(=O)c1ccc(NC(=O)COc2ccc([C@H]3c4sc(=O)[nH]c4SC4C3[C@H]3C[C@@H]4C4C(=O)N(c5ccc(F)cc5)C(=O)C43)cc2OCC)cc1. The van der Waals surface area contributed by atoms with E-state index >= 15 is 0 Å². The number of ether oxygens (including phenoxy) is 3. The molecule has 4 aromatic rings. The highest BCUT2D eigenvalue weighted by molar-refractivity contribution is 8.00. The molecule has 2 saturated carbocycles. The summed E-state index contributed by atoms with van der Waals surface area (Å²) in [5.74, 6) is -2.44. The number of aromatic amines is 1. The number of esters is 1. The Morgan fingerprint density at radius 3 is 2.35 bits per heavy atom. The number of hydrogen-bond donors (Lipinski definition) is 2. The van der Waals surface area contributed by atoms with Crippen LogP contribution in [0, 0.1) is 35.4 Å². The predicted octanol–water partition coefficient (Wildman–Crippen LogP) is 5.85. The predicted molar refractivity (Wildman–Crippen MR) is 192 cm³/mol. The molecule has 52 heavy (non-hydrogen) atoms. The fraction of sp³-hybridized carbons (Fsp3) is 0.342. The number of nitrogens with one attached hydrogen (secondary N) is 2. The number of fused-ring (bicyclic) bond motifs is 9. The summed E-state index contributed by atoms with van der Waals surface area (Å²) in [6.07, 6.45) is 0.724. The zero-order valence-electron chi connectivity index (χ0n) is 28.1. The Bertz CT molecular complexity index is 2130. The molecule has 2 aliphatic carbocycles. The number of rotatable bonds is 10. The summed E-state index contributed by atoms with van der Waals surface area (Å²) in [6, 6.07) is 17.3. The number of imide groups is 1. The van der Waals surface area contributed by atoms with Crippen LogP contribution in [-0.4, -0.2) is 53.7 Å². The van der Waals surface area contributed by atoms with Gasteiger partial charge in [0.25, 0.3) is 5.91 Å². The van der Waals surface area contributed by atoms with Crippen LogP contribution in [0.3, 0.4) is 0 Å². The van der Waals surface area contributed by atoms with Gasteiger partial charge in [-0.2, -0.15) is 0 Å². The Morgan fingerprint density at radius 2 is 1.63 bits per heavy atom. The zero-order chi connectivity index (χ0) is 36.3. The van der Waals surface area contributed by atoms with Gasteiger partial charge in [0, 0.05) is 21.7 Å². The summed E-state index contributed by atoms with van der Waals surface area (Å²) in [5.41, 5.74) is 2.12. The third kappa shape index (κ3) is 5.77. The molecular formula is C38H34FN3O8S2. The first-order chi connectivity index (χ1) is 25.2. The molecule has 4 unspecified atom stereocenters. The number of benzene rings is 3. The largest absolute Gasteiger partial charge is 0.490 e. The van der Waals surface area contributed by atoms with E-state index in [1.54, 1.807) is 49.0 Å². The van der Waals surface area contributed by atoms with Crippen LogP contribution in [0.5, 0.6) is 11.5 Å². The standard InChI is InChI=1S/C38H34FN3O8S2/c1-3-48-26-15-19(7-14-25(26)50-17-27(43)40-21-10-5-18(6-11-21)37(46)49-4-2)28-29-23-16-24(32(29)51-34-33(28)52-38(47)41-34)31-30(23)35(44)42(36(31)45)22-12-8-20(39)9-13-22/h5-15,23-24,28-32H,3-4,16-17H2,1-2H3,(H,40,43)(H,41,47)/t23-,24-,28-,29?,30?,31?,32?/m1/s1. The van der Waals surface area contributed by atoms with Crippen LogP contribution in [0.4, 0.5) is 15.8 Å². The zero-order valence-corrected chi connectivity index (χ0v) is 29.8. The number of thiazole rings is 1. The number of halogens is 1. The number of anilines is 2. The second-order valence-electron chi connectivity index (χ2n) is 13.2. The van der Waals surface area contributed by atoms with Crippen molar-refractivity contribution in [1.82, 2.24) is 4.98 Å². The average Bonchev–Trinajstić information content (AvgIpc) is 3.87. The maximum absolute atomic E-state index is 14.0. The van der Waals surface area contributed by atoms with E-state index in [0.29, 0.717) is 35.0 Å². The molecule has 2 bridgehead atoms. The number of H-pyrrole nitrogens is 1. The lowest BCUT2D eigenvalue weighted by molar-refractivity contribution is -0.123. The van der Waals surface area contributed by atoms with Crippen molar-refractivity contribution in [2.24, 2.45) is 29.6 Å². The van der Waals surface area contributed by atoms with Crippen molar-refractivity contribution in [1.29, 1.82) is 0 Å². The lowest BCUT2D eigenvalue weighted by Crippen LogP contribution is -2.42. The maximum Gasteiger partial charge on any atom is 0.338 e. The van der Waals surface area contributed by atoms with Crippen molar-refractivity contribution in [3.8, 4) is 11.5 Å². The van der Waals surface area contributed by atoms with Crippen molar-refractivity contribution in [3.63, 3.8) is 0 Å². The van der Waals surface area contributed by atoms with Crippen LogP contribution >= 0.6 is 23.1 Å². The number of carbonyl (C=O) groups excluding carboxylic acids is 4. The number of hydrogen-bond acceptors (Lipinski definition) is 10. The van der Waals surface area contributed by atoms with Crippen molar-refractivity contribution in [2.45, 2.75) is 36.5 Å². The van der Waals surface area contributed by atoms with E-state index < -0.39 is 29.5 Å². The van der Waals surface area contributed by atoms with Gasteiger partial charge in [-0.3, -0.25) is 24.1 Å². The van der Waals surface area contributed by atoms with E-state index in [1.807, 2.05) is 19.1 Å². The van der Waals surface area contributed by atoms with Gasteiger partial charge in [-0.25, -0.2) is 9.18 Å². The molecule has 1 aromatic heterocycles. The Hall–Kier alpha value is -4.95. The second-order valence-corrected chi connectivity index (χ2v) is 15.4. The third-order valence-corrected chi connectivity index (χ3v) is 13.1. The van der Waals surface area contributed by atoms with E-state index in [-0.39, 0.29) is 58.8 Å². The quantitative estimate of drug-likeness (QED) is 0.151. The minimum Gasteiger partial charge on any atom is -0.490 e. The molecule has 14 heteroatoms. The minimum atomic E-state index is -0.502. The van der Waals surface area contributed by atoms with Crippen LogP contribution in [0.15, 0.2) is 76.6 Å². The van der Waals surface area contributed by atoms with Gasteiger partial charge >= 0.3 is 10.8 Å². The molecule has 268 valence electrons. The number of aromatic nitrogens is 1. The van der Waals surface area contributed by atoms with Crippen LogP contribution < -0.4 is 24.6 Å². The molecule has 11 nitrogen and oxygen atoms in total. The van der Waals surface area contributed by atoms with E-state index in [2.05, 4.69) is 10.3 Å². The van der Waals surface area contributed by atoms with Gasteiger partial charge < -0.3 is 24.5 Å². The fourth-order valence-corrected chi connectivity index (χ4v) is 11.5. The van der Waals surface area contributed by atoms with Crippen molar-refractivity contribution < 1.29 is 37.8 Å². The number of nitrogens with zero attached hydrogens (tertiary/aromatic N) is 1. The molecule has 0 spiro atoms. The van der Waals surface area contributed by atoms with Gasteiger partial charge in [0.1, 0.15) is 5.82 Å². The van der Waals surface area contributed by atoms with E-state index in [1.165, 1.54) is 29.2 Å². The Kier molecular flexibility index (Phi) is 8.90. The Balaban J connectivity index is 1.05. The van der Waals surface area contributed by atoms with Crippen molar-refractivity contribution >= 4 is 58.2 Å². The van der Waals surface area contributed by atoms with Crippen LogP contribution in [0.25, 0.3) is 0 Å². The van der Waals surface area contributed by atoms with E-state index in [4.69, 9.17) is 14.2 Å². The normalized spacial score (nSPS) is 25.4. The maximum atomic E-state index is 14.0. The molecule has 3 aromatic carbocycles. The number of carbonyl (C=O) groups is 4. The highest BCUT2D eigenvalue weighted by Crippen LogP contribution is 2.68. The lowest BCUT2D eigenvalue weighted by Gasteiger charge is -2.43. The first-order valence-electron chi connectivity index (χ1n) is 17.2. The smallest absolute Gasteiger partial charge is 0.338 e. The summed E-state index contributed by atoms with van der Waals surface area (Å²) in [4.78, 5) is 70.3. The average molecular weight is 744 g/mol. The molecular weight excluding hydrogens is 710 g/mol. The summed E-state index contributed by atoms with van der Waals surface area (Å²) < 4.78 is 30.7. The highest BCUT2D eigenvalue weighted by atomic mass is 32.2. The molecule has 0 radical (unpaired) electrons. The first-order valence-corrected chi connectivity index (χ1v) is 18.9. The van der Waals surface area contributed by atoms with Gasteiger partial charge in [0.2, 0.25) is 11.8 Å².